The number of rotatable bonds is 4. The Kier molecular flexibility index (Phi) is 5.09. The molecule has 3 rings (SSSR count). The molecule has 1 aliphatic heterocycles. The Bertz CT molecular complexity index is 657. The van der Waals surface area contributed by atoms with Gasteiger partial charge in [0.25, 0.3) is 0 Å². The van der Waals surface area contributed by atoms with Crippen molar-refractivity contribution < 1.29 is 13.9 Å². The van der Waals surface area contributed by atoms with Crippen LogP contribution in [0.25, 0.3) is 0 Å². The highest BCUT2D eigenvalue weighted by Crippen LogP contribution is 2.23. The minimum absolute atomic E-state index is 0.344. The van der Waals surface area contributed by atoms with Gasteiger partial charge in [-0.15, -0.1) is 11.3 Å². The number of nitrogens with zero attached hydrogens (tertiary/aromatic N) is 1. The lowest BCUT2D eigenvalue weighted by Crippen LogP contribution is -2.36. The van der Waals surface area contributed by atoms with E-state index in [-0.39, 0.29) is 11.8 Å². The molecule has 0 radical (unpaired) electrons. The Morgan fingerprint density at radius 3 is 2.83 bits per heavy atom. The normalized spacial score (nSPS) is 14.6. The molecule has 2 N–H and O–H groups in total. The van der Waals surface area contributed by atoms with Crippen LogP contribution in [0, 0.1) is 5.82 Å². The van der Waals surface area contributed by atoms with Crippen LogP contribution in [-0.4, -0.2) is 32.3 Å². The first kappa shape index (κ1) is 15.8. The summed E-state index contributed by atoms with van der Waals surface area (Å²) >= 11 is 1.57. The number of carbonyl (C=O) groups is 1. The van der Waals surface area contributed by atoms with E-state index in [0.717, 1.165) is 4.88 Å². The number of thiophene rings is 1. The number of halogens is 1. The zero-order chi connectivity index (χ0) is 16.1. The molecule has 1 aliphatic rings. The first-order chi connectivity index (χ1) is 11.2. The standard InChI is InChI=1S/C16H18FN3O2S/c17-14-10-12(3-4-15(14)20-5-7-22-8-6-20)19-16(21)18-11-13-2-1-9-23-13/h1-4,9-10H,5-8,11H2,(H2,18,19,21). The van der Waals surface area contributed by atoms with Gasteiger partial charge >= 0.3 is 6.03 Å². The molecule has 1 aromatic carbocycles. The summed E-state index contributed by atoms with van der Waals surface area (Å²) in [7, 11) is 0. The first-order valence-corrected chi connectivity index (χ1v) is 8.30. The molecule has 122 valence electrons. The molecule has 0 spiro atoms. The molecule has 23 heavy (non-hydrogen) atoms. The van der Waals surface area contributed by atoms with Gasteiger partial charge in [-0.05, 0) is 29.6 Å². The molecule has 1 aromatic heterocycles. The number of morpholine rings is 1. The molecule has 1 fully saturated rings. The zero-order valence-corrected chi connectivity index (χ0v) is 13.4. The predicted octanol–water partition coefficient (Wildman–Crippen LogP) is 3.05. The van der Waals surface area contributed by atoms with Crippen molar-refractivity contribution in [1.29, 1.82) is 0 Å². The van der Waals surface area contributed by atoms with E-state index >= 15 is 0 Å². The third kappa shape index (κ3) is 4.20. The van der Waals surface area contributed by atoms with Crippen molar-refractivity contribution in [3.8, 4) is 0 Å². The summed E-state index contributed by atoms with van der Waals surface area (Å²) in [6.45, 7) is 3.00. The van der Waals surface area contributed by atoms with Gasteiger partial charge in [0.2, 0.25) is 0 Å². The largest absolute Gasteiger partial charge is 0.378 e. The van der Waals surface area contributed by atoms with Gasteiger partial charge < -0.3 is 20.3 Å². The Balaban J connectivity index is 1.57. The number of benzene rings is 1. The average Bonchev–Trinajstić information content (AvgIpc) is 3.07. The third-order valence-electron chi connectivity index (χ3n) is 3.56. The van der Waals surface area contributed by atoms with Crippen molar-refractivity contribution in [2.75, 3.05) is 36.5 Å². The third-order valence-corrected chi connectivity index (χ3v) is 4.44. The van der Waals surface area contributed by atoms with Crippen LogP contribution in [0.5, 0.6) is 0 Å². The molecule has 2 aromatic rings. The molecule has 7 heteroatoms. The van der Waals surface area contributed by atoms with Gasteiger partial charge in [0.15, 0.2) is 0 Å². The van der Waals surface area contributed by atoms with E-state index in [1.807, 2.05) is 22.4 Å². The first-order valence-electron chi connectivity index (χ1n) is 7.42. The van der Waals surface area contributed by atoms with Gasteiger partial charge in [0.05, 0.1) is 25.4 Å². The van der Waals surface area contributed by atoms with Crippen LogP contribution < -0.4 is 15.5 Å². The van der Waals surface area contributed by atoms with Gasteiger partial charge in [0, 0.05) is 23.7 Å². The topological polar surface area (TPSA) is 53.6 Å². The van der Waals surface area contributed by atoms with E-state index in [2.05, 4.69) is 10.6 Å². The number of urea groups is 1. The lowest BCUT2D eigenvalue weighted by molar-refractivity contribution is 0.122. The van der Waals surface area contributed by atoms with Gasteiger partial charge in [-0.25, -0.2) is 9.18 Å². The summed E-state index contributed by atoms with van der Waals surface area (Å²) in [5, 5.41) is 7.34. The fourth-order valence-corrected chi connectivity index (χ4v) is 3.05. The minimum atomic E-state index is -0.350. The van der Waals surface area contributed by atoms with Gasteiger partial charge in [-0.2, -0.15) is 0 Å². The van der Waals surface area contributed by atoms with Crippen LogP contribution in [0.4, 0.5) is 20.6 Å². The second-order valence-corrected chi connectivity index (χ2v) is 6.18. The van der Waals surface area contributed by atoms with Crippen LogP contribution in [-0.2, 0) is 11.3 Å². The summed E-state index contributed by atoms with van der Waals surface area (Å²) in [6.07, 6.45) is 0. The molecule has 0 aliphatic carbocycles. The Labute approximate surface area is 138 Å². The monoisotopic (exact) mass is 335 g/mol. The van der Waals surface area contributed by atoms with Gasteiger partial charge in [-0.3, -0.25) is 0 Å². The predicted molar refractivity (Wildman–Crippen MR) is 89.6 cm³/mol. The SMILES string of the molecule is O=C(NCc1cccs1)Nc1ccc(N2CCOCC2)c(F)c1. The number of anilines is 2. The van der Waals surface area contributed by atoms with Gasteiger partial charge in [-0.1, -0.05) is 6.07 Å². The van der Waals surface area contributed by atoms with E-state index in [9.17, 15) is 9.18 Å². The second kappa shape index (κ2) is 7.43. The van der Waals surface area contributed by atoms with Crippen molar-refractivity contribution in [2.45, 2.75) is 6.54 Å². The van der Waals surface area contributed by atoms with E-state index < -0.39 is 0 Å². The van der Waals surface area contributed by atoms with Crippen molar-refractivity contribution in [3.63, 3.8) is 0 Å². The molecule has 0 saturated carbocycles. The molecule has 0 bridgehead atoms. The lowest BCUT2D eigenvalue weighted by atomic mass is 10.2. The maximum Gasteiger partial charge on any atom is 0.319 e. The summed E-state index contributed by atoms with van der Waals surface area (Å²) in [6, 6.07) is 8.27. The zero-order valence-electron chi connectivity index (χ0n) is 12.5. The average molecular weight is 335 g/mol. The van der Waals surface area contributed by atoms with Crippen LogP contribution >= 0.6 is 11.3 Å². The molecule has 1 saturated heterocycles. The fourth-order valence-electron chi connectivity index (χ4n) is 2.40. The number of amides is 2. The quantitative estimate of drug-likeness (QED) is 0.903. The number of hydrogen-bond acceptors (Lipinski definition) is 4. The molecule has 0 unspecified atom stereocenters. The summed E-state index contributed by atoms with van der Waals surface area (Å²) in [5.74, 6) is -0.344. The maximum absolute atomic E-state index is 14.2. The highest BCUT2D eigenvalue weighted by Gasteiger charge is 2.15. The van der Waals surface area contributed by atoms with Crippen molar-refractivity contribution in [2.24, 2.45) is 0 Å². The highest BCUT2D eigenvalue weighted by molar-refractivity contribution is 7.09. The van der Waals surface area contributed by atoms with E-state index in [0.29, 0.717) is 44.2 Å². The van der Waals surface area contributed by atoms with E-state index in [1.54, 1.807) is 23.5 Å². The van der Waals surface area contributed by atoms with Crippen LogP contribution in [0.3, 0.4) is 0 Å². The molecule has 2 amide bonds. The smallest absolute Gasteiger partial charge is 0.319 e. The van der Waals surface area contributed by atoms with E-state index in [1.165, 1.54) is 6.07 Å². The highest BCUT2D eigenvalue weighted by atomic mass is 32.1. The Hall–Kier alpha value is -2.12. The molecular weight excluding hydrogens is 317 g/mol. The fraction of sp³-hybridized carbons (Fsp3) is 0.312. The number of ether oxygens (including phenoxy) is 1. The van der Waals surface area contributed by atoms with Crippen molar-refractivity contribution >= 4 is 28.7 Å². The Morgan fingerprint density at radius 2 is 2.13 bits per heavy atom. The van der Waals surface area contributed by atoms with E-state index in [4.69, 9.17) is 4.74 Å². The van der Waals surface area contributed by atoms with Crippen LogP contribution in [0.15, 0.2) is 35.7 Å². The molecule has 5 nitrogen and oxygen atoms in total. The molecular formula is C16H18FN3O2S. The van der Waals surface area contributed by atoms with Crippen molar-refractivity contribution in [3.05, 3.63) is 46.4 Å². The second-order valence-electron chi connectivity index (χ2n) is 5.15. The Morgan fingerprint density at radius 1 is 1.30 bits per heavy atom. The lowest BCUT2D eigenvalue weighted by Gasteiger charge is -2.29. The van der Waals surface area contributed by atoms with Crippen molar-refractivity contribution in [1.82, 2.24) is 5.32 Å². The van der Waals surface area contributed by atoms with Gasteiger partial charge in [0.1, 0.15) is 5.82 Å². The molecule has 2 heterocycles. The maximum atomic E-state index is 14.2. The summed E-state index contributed by atoms with van der Waals surface area (Å²) in [4.78, 5) is 14.8. The van der Waals surface area contributed by atoms with Crippen LogP contribution in [0.1, 0.15) is 4.88 Å². The number of nitrogens with one attached hydrogen (secondary N) is 2. The number of hydrogen-bond donors (Lipinski definition) is 2. The number of carbonyl (C=O) groups excluding carboxylic acids is 1. The van der Waals surface area contributed by atoms with Crippen LogP contribution in [0.2, 0.25) is 0 Å². The summed E-state index contributed by atoms with van der Waals surface area (Å²) in [5.41, 5.74) is 0.973. The summed E-state index contributed by atoms with van der Waals surface area (Å²) < 4.78 is 19.5. The minimum Gasteiger partial charge on any atom is -0.378 e. The molecule has 0 atom stereocenters.